The average Bonchev–Trinajstić information content (AvgIpc) is 2.61. The van der Waals surface area contributed by atoms with Crippen molar-refractivity contribution in [3.8, 4) is 0 Å². The minimum absolute atomic E-state index is 0.122. The van der Waals surface area contributed by atoms with E-state index in [1.807, 2.05) is 45.9 Å². The van der Waals surface area contributed by atoms with Crippen molar-refractivity contribution in [3.05, 3.63) is 72.8 Å². The van der Waals surface area contributed by atoms with E-state index in [1.165, 1.54) is 21.1 Å². The van der Waals surface area contributed by atoms with Gasteiger partial charge in [-0.25, -0.2) is 0 Å². The summed E-state index contributed by atoms with van der Waals surface area (Å²) in [5.74, 6) is -0.122. The predicted molar refractivity (Wildman–Crippen MR) is 111 cm³/mol. The van der Waals surface area contributed by atoms with E-state index in [9.17, 15) is 4.79 Å². The molecule has 0 bridgehead atoms. The zero-order chi connectivity index (χ0) is 18.7. The fourth-order valence-corrected chi connectivity index (χ4v) is 6.14. The van der Waals surface area contributed by atoms with Crippen LogP contribution in [0.4, 0.5) is 0 Å². The van der Waals surface area contributed by atoms with Crippen LogP contribution in [-0.4, -0.2) is 20.4 Å². The lowest BCUT2D eigenvalue weighted by Gasteiger charge is -2.27. The molecular weight excluding hydrogens is 336 g/mol. The summed E-state index contributed by atoms with van der Waals surface area (Å²) >= 11 is 0. The lowest BCUT2D eigenvalue weighted by atomic mass is 10.1. The summed E-state index contributed by atoms with van der Waals surface area (Å²) in [6.07, 6.45) is 0. The van der Waals surface area contributed by atoms with E-state index in [4.69, 9.17) is 4.74 Å². The maximum atomic E-state index is 12.9. The van der Waals surface area contributed by atoms with Gasteiger partial charge in [0.25, 0.3) is 0 Å². The third kappa shape index (κ3) is 4.05. The molecule has 2 nitrogen and oxygen atoms in total. The fraction of sp³-hybridized carbons (Fsp3) is 0.261. The molecule has 0 fully saturated rings. The van der Waals surface area contributed by atoms with Gasteiger partial charge in [-0.1, -0.05) is 84.9 Å². The minimum Gasteiger partial charge on any atom is -0.460 e. The molecule has 3 aromatic rings. The molecule has 133 valence electrons. The number of benzene rings is 3. The Morgan fingerprint density at radius 2 is 1.50 bits per heavy atom. The molecule has 0 saturated heterocycles. The van der Waals surface area contributed by atoms with Crippen LogP contribution in [0.5, 0.6) is 0 Å². The first-order valence-electron chi connectivity index (χ1n) is 9.00. The number of hydrogen-bond donors (Lipinski definition) is 0. The average molecular weight is 362 g/mol. The zero-order valence-corrected chi connectivity index (χ0v) is 16.8. The van der Waals surface area contributed by atoms with E-state index in [1.54, 1.807) is 0 Å². The number of rotatable bonds is 4. The monoisotopic (exact) mass is 361 g/mol. The van der Waals surface area contributed by atoms with Gasteiger partial charge in [0, 0.05) is 0 Å². The summed E-state index contributed by atoms with van der Waals surface area (Å²) in [5.41, 5.74) is -0.666. The molecule has 0 N–H and O–H groups in total. The molecule has 3 heteroatoms. The molecule has 0 spiro atoms. The fourth-order valence-electron chi connectivity index (χ4n) is 3.22. The third-order valence-electron chi connectivity index (χ3n) is 4.36. The Morgan fingerprint density at radius 3 is 2.19 bits per heavy atom. The van der Waals surface area contributed by atoms with Crippen LogP contribution in [-0.2, 0) is 9.53 Å². The normalized spacial score (nSPS) is 13.0. The van der Waals surface area contributed by atoms with E-state index in [0.717, 1.165) is 0 Å². The Morgan fingerprint density at radius 1 is 0.885 bits per heavy atom. The summed E-state index contributed by atoms with van der Waals surface area (Å²) < 4.78 is 5.72. The van der Waals surface area contributed by atoms with Crippen LogP contribution in [0.1, 0.15) is 27.7 Å². The van der Waals surface area contributed by atoms with Gasteiger partial charge in [-0.05, 0) is 36.7 Å². The number of hydrogen-bond acceptors (Lipinski definition) is 2. The van der Waals surface area contributed by atoms with Crippen molar-refractivity contribution in [3.63, 3.8) is 0 Å². The van der Waals surface area contributed by atoms with Gasteiger partial charge in [0.05, 0.1) is 5.54 Å². The smallest absolute Gasteiger partial charge is 0.306 e. The largest absolute Gasteiger partial charge is 0.460 e. The van der Waals surface area contributed by atoms with E-state index in [0.29, 0.717) is 0 Å². The van der Waals surface area contributed by atoms with E-state index in [-0.39, 0.29) is 11.5 Å². The number of fused-ring (bicyclic) bond motifs is 1. The second-order valence-electron chi connectivity index (χ2n) is 7.56. The second-order valence-corrected chi connectivity index (χ2v) is 10.4. The summed E-state index contributed by atoms with van der Waals surface area (Å²) in [6, 6.07) is 25.2. The zero-order valence-electron chi connectivity index (χ0n) is 15.8. The summed E-state index contributed by atoms with van der Waals surface area (Å²) in [4.78, 5) is 12.9. The Kier molecular flexibility index (Phi) is 5.28. The van der Waals surface area contributed by atoms with Crippen LogP contribution >= 0.6 is 0 Å². The van der Waals surface area contributed by atoms with Crippen molar-refractivity contribution in [2.75, 3.05) is 0 Å². The number of carbonyl (C=O) groups excluding carboxylic acids is 1. The van der Waals surface area contributed by atoms with Crippen LogP contribution in [0.3, 0.4) is 0 Å². The predicted octanol–water partition coefficient (Wildman–Crippen LogP) is 4.18. The van der Waals surface area contributed by atoms with Crippen molar-refractivity contribution in [2.45, 2.75) is 38.8 Å². The second kappa shape index (κ2) is 7.46. The Balaban J connectivity index is 2.11. The van der Waals surface area contributed by atoms with Crippen molar-refractivity contribution in [1.82, 2.24) is 0 Å². The SMILES string of the molecule is C[C@H](C(=O)OC(C)(C)C)[Si](c1ccccc1)c1cccc2ccccc12. The van der Waals surface area contributed by atoms with Gasteiger partial charge in [0.15, 0.2) is 0 Å². The maximum absolute atomic E-state index is 12.9. The topological polar surface area (TPSA) is 26.3 Å². The highest BCUT2D eigenvalue weighted by Gasteiger charge is 2.33. The highest BCUT2D eigenvalue weighted by Crippen LogP contribution is 2.20. The lowest BCUT2D eigenvalue weighted by molar-refractivity contribution is -0.154. The van der Waals surface area contributed by atoms with Crippen LogP contribution in [0.25, 0.3) is 10.8 Å². The van der Waals surface area contributed by atoms with Gasteiger partial charge in [0.2, 0.25) is 0 Å². The number of esters is 1. The van der Waals surface area contributed by atoms with E-state index < -0.39 is 14.4 Å². The molecule has 0 heterocycles. The van der Waals surface area contributed by atoms with Gasteiger partial charge >= 0.3 is 5.97 Å². The first kappa shape index (κ1) is 18.4. The van der Waals surface area contributed by atoms with Crippen molar-refractivity contribution < 1.29 is 9.53 Å². The standard InChI is InChI=1S/C23H25O2Si/c1-17(22(24)25-23(2,3)4)26(19-13-6-5-7-14-19)21-16-10-12-18-11-8-9-15-20(18)21/h5-17H,1-4H3/t17-/m1/s1. The molecule has 0 aliphatic heterocycles. The maximum Gasteiger partial charge on any atom is 0.306 e. The van der Waals surface area contributed by atoms with Gasteiger partial charge in [-0.2, -0.15) is 0 Å². The van der Waals surface area contributed by atoms with Crippen LogP contribution in [0.15, 0.2) is 72.8 Å². The Hall–Kier alpha value is -2.39. The Bertz CT molecular complexity index is 891. The summed E-state index contributed by atoms with van der Waals surface area (Å²) in [5, 5.41) is 4.92. The summed E-state index contributed by atoms with van der Waals surface area (Å²) in [7, 11) is -1.35. The Labute approximate surface area is 157 Å². The molecule has 0 aromatic heterocycles. The van der Waals surface area contributed by atoms with Crippen molar-refractivity contribution >= 4 is 35.9 Å². The molecule has 0 saturated carbocycles. The number of ether oxygens (including phenoxy) is 1. The molecular formula is C23H25O2Si. The molecule has 0 aliphatic carbocycles. The van der Waals surface area contributed by atoms with Crippen LogP contribution in [0.2, 0.25) is 5.54 Å². The van der Waals surface area contributed by atoms with Crippen LogP contribution in [0, 0.1) is 0 Å². The first-order valence-corrected chi connectivity index (χ1v) is 10.6. The van der Waals surface area contributed by atoms with Gasteiger partial charge in [-0.15, -0.1) is 0 Å². The highest BCUT2D eigenvalue weighted by molar-refractivity contribution is 6.89. The van der Waals surface area contributed by atoms with E-state index in [2.05, 4.69) is 54.6 Å². The third-order valence-corrected chi connectivity index (χ3v) is 7.43. The molecule has 0 amide bonds. The lowest BCUT2D eigenvalue weighted by Crippen LogP contribution is -2.49. The molecule has 26 heavy (non-hydrogen) atoms. The highest BCUT2D eigenvalue weighted by atomic mass is 28.3. The molecule has 1 radical (unpaired) electrons. The number of carbonyl (C=O) groups is 1. The minimum atomic E-state index is -1.35. The van der Waals surface area contributed by atoms with Gasteiger partial charge < -0.3 is 4.74 Å². The molecule has 0 aliphatic rings. The van der Waals surface area contributed by atoms with Crippen molar-refractivity contribution in [2.24, 2.45) is 0 Å². The quantitative estimate of drug-likeness (QED) is 0.515. The van der Waals surface area contributed by atoms with Gasteiger partial charge in [0.1, 0.15) is 14.4 Å². The van der Waals surface area contributed by atoms with Crippen LogP contribution < -0.4 is 10.4 Å². The molecule has 0 unspecified atom stereocenters. The molecule has 3 rings (SSSR count). The van der Waals surface area contributed by atoms with Gasteiger partial charge in [-0.3, -0.25) is 4.79 Å². The van der Waals surface area contributed by atoms with E-state index >= 15 is 0 Å². The summed E-state index contributed by atoms with van der Waals surface area (Å²) in [6.45, 7) is 7.77. The van der Waals surface area contributed by atoms with Crippen molar-refractivity contribution in [1.29, 1.82) is 0 Å². The molecule has 3 aromatic carbocycles. The first-order chi connectivity index (χ1) is 12.4. The molecule has 1 atom stereocenters.